The van der Waals surface area contributed by atoms with Gasteiger partial charge in [0, 0.05) is 55.4 Å². The van der Waals surface area contributed by atoms with Crippen LogP contribution >= 0.6 is 11.8 Å². The number of carboxylic acids is 2. The number of H-pyrrole nitrogens is 1. The number of carbonyl (C=O) groups excluding carboxylic acids is 14. The predicted octanol–water partition coefficient (Wildman–Crippen LogP) is -4.35. The molecule has 35 heteroatoms. The van der Waals surface area contributed by atoms with Gasteiger partial charge < -0.3 is 100 Å². The first-order chi connectivity index (χ1) is 47.4. The Morgan fingerprint density at radius 3 is 1.84 bits per heavy atom. The Labute approximate surface area is 605 Å². The molecule has 12 amide bonds. The van der Waals surface area contributed by atoms with Crippen LogP contribution in [0.25, 0.3) is 0 Å². The SMILES string of the molecule is CCC(C)C(N)C1=NC(C(=O)N[C@@H](CC(C)C)C(=O)N[C@H](CCC(=O)[O-])C(=O)N[C@H](C(=O)N[C@H]2CCCCNC(=O)[C@H](CC(N)=O)NC(=O)[C@@H](CC(=O)[O-])NC(=O)[C@H](Cc3cnc[nH]3)NC(=O)[C@@H](Cc3ccccc3)NC(=O)[C@H](C(C)CC)NC(=O)[C@@H](CCCN)NC2=O)C(C)CC)CS1.[Zn+2]. The number of nitrogens with zero attached hydrogens (tertiary/aromatic N) is 2. The van der Waals surface area contributed by atoms with Crippen molar-refractivity contribution >= 4 is 99.6 Å². The minimum atomic E-state index is -2.01. The van der Waals surface area contributed by atoms with Crippen molar-refractivity contribution in [2.24, 2.45) is 45.9 Å². The summed E-state index contributed by atoms with van der Waals surface area (Å²) in [7, 11) is 0. The van der Waals surface area contributed by atoms with Crippen LogP contribution in [-0.2, 0) is 99.4 Å². The Morgan fingerprint density at radius 1 is 0.663 bits per heavy atom. The molecule has 3 heterocycles. The quantitative estimate of drug-likeness (QED) is 0.0317. The summed E-state index contributed by atoms with van der Waals surface area (Å²) in [5.74, 6) is -16.2. The molecule has 33 nitrogen and oxygen atoms in total. The first kappa shape index (κ1) is 86.8. The fourth-order valence-electron chi connectivity index (χ4n) is 10.8. The summed E-state index contributed by atoms with van der Waals surface area (Å²) in [4.78, 5) is 206. The van der Waals surface area contributed by atoms with Crippen LogP contribution in [0.5, 0.6) is 0 Å². The number of hydrogen-bond donors (Lipinski definition) is 15. The van der Waals surface area contributed by atoms with Crippen molar-refractivity contribution in [3.05, 3.63) is 54.1 Å². The average molecular weight is 1490 g/mol. The number of aromatic nitrogens is 2. The molecule has 0 spiro atoms. The summed E-state index contributed by atoms with van der Waals surface area (Å²) in [6, 6.07) is -8.63. The molecule has 2 aliphatic heterocycles. The number of aliphatic carboxylic acids is 2. The van der Waals surface area contributed by atoms with Crippen LogP contribution in [0, 0.1) is 23.7 Å². The van der Waals surface area contributed by atoms with Crippen molar-refractivity contribution in [2.75, 3.05) is 18.8 Å². The van der Waals surface area contributed by atoms with E-state index in [2.05, 4.69) is 73.4 Å². The van der Waals surface area contributed by atoms with E-state index in [-0.39, 0.29) is 120 Å². The van der Waals surface area contributed by atoms with Gasteiger partial charge in [0.2, 0.25) is 70.9 Å². The normalized spacial score (nSPS) is 22.9. The number of nitrogens with one attached hydrogen (secondary N) is 12. The van der Waals surface area contributed by atoms with Crippen LogP contribution in [0.4, 0.5) is 0 Å². The van der Waals surface area contributed by atoms with Gasteiger partial charge in [-0.1, -0.05) is 105 Å². The number of benzene rings is 1. The summed E-state index contributed by atoms with van der Waals surface area (Å²) in [5, 5.41) is 53.2. The standard InChI is InChI=1S/C66H103N17O16S.Zn/c1-9-35(6)52(69)66-81-48(32-100-66)63(97)76-43(26-34(4)5)59(93)74-42(22-23-50(85)86)58(92)83-53(36(7)10-2)64(98)75-40-20-15-16-25-71-55(89)46(29-49(68)84)78-62(96)47(30-51(87)88)79-61(95)45(28-39-31-70-33-72-39)77-60(94)44(27-38-18-13-12-14-19-38)80-65(99)54(37(8)11-3)82-57(91)41(21-17-24-67)73-56(40)90;/h12-14,18-19,31,33-37,40-48,52-54H,9-11,15-17,20-30,32,67,69H2,1-8H3,(H2,68,84)(H,70,72)(H,71,89)(H,73,90)(H,74,93)(H,75,98)(H,76,97)(H,77,94)(H,78,96)(H,79,95)(H,80,99)(H,82,91)(H,83,92)(H,85,86)(H,87,88);/q;+2/p-2/t35?,36?,37?,40-,41+,42+,43-,44+,45-,46-,47+,48?,52?,53-,54-;/m0./s1. The minimum absolute atomic E-state index is 0. The van der Waals surface area contributed by atoms with Crippen molar-refractivity contribution < 1.29 is 96.8 Å². The zero-order chi connectivity index (χ0) is 74.3. The van der Waals surface area contributed by atoms with Gasteiger partial charge >= 0.3 is 19.5 Å². The summed E-state index contributed by atoms with van der Waals surface area (Å²) < 4.78 is 0. The molecule has 1 aromatic carbocycles. The summed E-state index contributed by atoms with van der Waals surface area (Å²) in [6.07, 6.45) is -0.0833. The van der Waals surface area contributed by atoms with Crippen molar-refractivity contribution in [2.45, 2.75) is 224 Å². The van der Waals surface area contributed by atoms with Crippen LogP contribution < -0.4 is 85.9 Å². The third kappa shape index (κ3) is 29.2. The Bertz CT molecular complexity index is 3170. The van der Waals surface area contributed by atoms with Crippen molar-refractivity contribution in [3.8, 4) is 0 Å². The number of nitrogens with two attached hydrogens (primary N) is 3. The van der Waals surface area contributed by atoms with Gasteiger partial charge in [0.1, 0.15) is 66.5 Å². The number of hydrogen-bond acceptors (Lipinski definition) is 21. The number of aliphatic imine (C=N–C) groups is 1. The molecule has 0 saturated carbocycles. The second-order valence-corrected chi connectivity index (χ2v) is 27.0. The van der Waals surface area contributed by atoms with Gasteiger partial charge in [-0.05, 0) is 87.1 Å². The van der Waals surface area contributed by atoms with E-state index in [4.69, 9.17) is 17.2 Å². The molecule has 18 N–H and O–H groups in total. The summed E-state index contributed by atoms with van der Waals surface area (Å²) >= 11 is 1.34. The van der Waals surface area contributed by atoms with Gasteiger partial charge in [-0.15, -0.1) is 11.8 Å². The second-order valence-electron chi connectivity index (χ2n) is 25.9. The molecule has 0 aliphatic carbocycles. The Kier molecular flexibility index (Phi) is 37.9. The number of carbonyl (C=O) groups is 14. The molecular formula is C66H101N17O16SZn. The molecule has 0 bridgehead atoms. The van der Waals surface area contributed by atoms with E-state index in [1.54, 1.807) is 71.9 Å². The fraction of sp³-hybridized carbons (Fsp3) is 0.636. The largest absolute Gasteiger partial charge is 2.00 e. The van der Waals surface area contributed by atoms with Gasteiger partial charge in [0.25, 0.3) is 0 Å². The smallest absolute Gasteiger partial charge is 0.550 e. The van der Waals surface area contributed by atoms with E-state index in [0.29, 0.717) is 10.6 Å². The maximum absolute atomic E-state index is 14.9. The number of thioether (sulfide) groups is 1. The van der Waals surface area contributed by atoms with E-state index in [9.17, 15) is 77.3 Å². The molecule has 101 heavy (non-hydrogen) atoms. The van der Waals surface area contributed by atoms with E-state index in [0.717, 1.165) is 6.42 Å². The van der Waals surface area contributed by atoms with Gasteiger partial charge in [-0.3, -0.25) is 62.5 Å². The van der Waals surface area contributed by atoms with Crippen LogP contribution in [0.2, 0.25) is 0 Å². The van der Waals surface area contributed by atoms with Crippen molar-refractivity contribution in [1.29, 1.82) is 0 Å². The average Bonchev–Trinajstić information content (AvgIpc) is 1.83. The van der Waals surface area contributed by atoms with Gasteiger partial charge in [-0.25, -0.2) is 4.98 Å². The minimum Gasteiger partial charge on any atom is -0.550 e. The van der Waals surface area contributed by atoms with Gasteiger partial charge in [-0.2, -0.15) is 0 Å². The summed E-state index contributed by atoms with van der Waals surface area (Å²) in [5.41, 5.74) is 18.7. The third-order valence-electron chi connectivity index (χ3n) is 17.5. The zero-order valence-electron chi connectivity index (χ0n) is 58.8. The fourth-order valence-corrected chi connectivity index (χ4v) is 12.0. The van der Waals surface area contributed by atoms with Crippen LogP contribution in [-0.4, -0.2) is 189 Å². The maximum Gasteiger partial charge on any atom is 2.00 e. The number of primary amides is 1. The van der Waals surface area contributed by atoms with E-state index < -0.39 is 193 Å². The number of aromatic amines is 1. The third-order valence-corrected chi connectivity index (χ3v) is 18.6. The van der Waals surface area contributed by atoms with E-state index in [1.807, 2.05) is 13.8 Å². The molecule has 4 rings (SSSR count). The number of amides is 12. The first-order valence-electron chi connectivity index (χ1n) is 34.1. The number of rotatable bonds is 31. The molecule has 2 aromatic rings. The van der Waals surface area contributed by atoms with Crippen molar-refractivity contribution in [3.63, 3.8) is 0 Å². The van der Waals surface area contributed by atoms with Gasteiger partial charge in [0.15, 0.2) is 0 Å². The monoisotopic (exact) mass is 1480 g/mol. The molecule has 1 fully saturated rings. The zero-order valence-corrected chi connectivity index (χ0v) is 62.6. The molecule has 0 radical (unpaired) electrons. The van der Waals surface area contributed by atoms with Crippen LogP contribution in [0.15, 0.2) is 47.8 Å². The number of carboxylic acid groups (broad SMARTS) is 2. The molecule has 554 valence electrons. The topological polar surface area (TPSA) is 537 Å². The van der Waals surface area contributed by atoms with E-state index in [1.165, 1.54) is 24.3 Å². The second kappa shape index (κ2) is 44.1. The maximum atomic E-state index is 14.9. The Balaban J connectivity index is 0.0000265. The van der Waals surface area contributed by atoms with Crippen LogP contribution in [0.3, 0.4) is 0 Å². The Hall–Kier alpha value is -8.43. The molecular weight excluding hydrogens is 1380 g/mol. The molecule has 1 aromatic heterocycles. The number of imidazole rings is 1. The van der Waals surface area contributed by atoms with Gasteiger partial charge in [0.05, 0.1) is 23.8 Å². The Morgan fingerprint density at radius 2 is 1.26 bits per heavy atom. The van der Waals surface area contributed by atoms with Crippen molar-refractivity contribution in [1.82, 2.24) is 68.5 Å². The van der Waals surface area contributed by atoms with Crippen LogP contribution in [0.1, 0.15) is 150 Å². The van der Waals surface area contributed by atoms with E-state index >= 15 is 0 Å². The first-order valence-corrected chi connectivity index (χ1v) is 35.0. The molecule has 15 atom stereocenters. The predicted molar refractivity (Wildman–Crippen MR) is 364 cm³/mol. The molecule has 5 unspecified atom stereocenters. The molecule has 1 saturated heterocycles. The molecule has 2 aliphatic rings. The summed E-state index contributed by atoms with van der Waals surface area (Å²) in [6.45, 7) is 14.0.